The number of aryl methyl sites for hydroxylation is 1. The van der Waals surface area contributed by atoms with Gasteiger partial charge in [0.15, 0.2) is 5.16 Å². The number of nitrogens with two attached hydrogens (primary N) is 1. The summed E-state index contributed by atoms with van der Waals surface area (Å²) in [5.74, 6) is -1.45. The average Bonchev–Trinajstić information content (AvgIpc) is 3.19. The van der Waals surface area contributed by atoms with Gasteiger partial charge in [-0.1, -0.05) is 23.9 Å². The average molecular weight is 477 g/mol. The van der Waals surface area contributed by atoms with Crippen molar-refractivity contribution in [1.82, 2.24) is 25.0 Å². The Balaban J connectivity index is 1.45. The molecule has 2 aliphatic rings. The van der Waals surface area contributed by atoms with E-state index in [1.807, 2.05) is 0 Å². The molecule has 1 aromatic heterocycles. The number of carbonyl (C=O) groups excluding carboxylic acids is 2. The molecule has 0 aliphatic carbocycles. The van der Waals surface area contributed by atoms with E-state index in [-0.39, 0.29) is 11.4 Å². The molecule has 11 nitrogen and oxygen atoms in total. The SMILES string of the molecule is Cn1cnnc1SCC1=C(C(=O)O)N2C(=O)C(NC(=O)[C@H](N)c3ccc(O)cc3)[C@H]2SC1. The zero-order valence-corrected chi connectivity index (χ0v) is 18.5. The number of benzene rings is 1. The maximum absolute atomic E-state index is 12.8. The lowest BCUT2D eigenvalue weighted by atomic mass is 10.0. The molecular formula is C19H20N6O5S2. The van der Waals surface area contributed by atoms with E-state index in [4.69, 9.17) is 5.73 Å². The minimum absolute atomic E-state index is 0.0471. The number of carboxylic acids is 1. The van der Waals surface area contributed by atoms with Gasteiger partial charge in [0.05, 0.1) is 0 Å². The van der Waals surface area contributed by atoms with Crippen LogP contribution in [0, 0.1) is 0 Å². The van der Waals surface area contributed by atoms with Crippen LogP contribution in [0.3, 0.4) is 0 Å². The number of hydrogen-bond donors (Lipinski definition) is 4. The van der Waals surface area contributed by atoms with E-state index >= 15 is 0 Å². The largest absolute Gasteiger partial charge is 0.508 e. The van der Waals surface area contributed by atoms with Crippen molar-refractivity contribution in [1.29, 1.82) is 0 Å². The summed E-state index contributed by atoms with van der Waals surface area (Å²) >= 11 is 2.72. The van der Waals surface area contributed by atoms with Gasteiger partial charge in [-0.25, -0.2) is 4.79 Å². The van der Waals surface area contributed by atoms with Gasteiger partial charge in [0.2, 0.25) is 5.91 Å². The normalized spacial score (nSPS) is 21.1. The van der Waals surface area contributed by atoms with Gasteiger partial charge in [0, 0.05) is 18.6 Å². The van der Waals surface area contributed by atoms with Crippen LogP contribution >= 0.6 is 23.5 Å². The fourth-order valence-corrected chi connectivity index (χ4v) is 5.80. The van der Waals surface area contributed by atoms with Crippen molar-refractivity contribution in [3.63, 3.8) is 0 Å². The molecule has 13 heteroatoms. The monoisotopic (exact) mass is 476 g/mol. The Labute approximate surface area is 191 Å². The molecule has 2 aromatic rings. The molecule has 4 rings (SSSR count). The number of β-lactam (4-membered cyclic amide) rings is 1. The van der Waals surface area contributed by atoms with Gasteiger partial charge < -0.3 is 25.8 Å². The highest BCUT2D eigenvalue weighted by Gasteiger charge is 2.54. The first-order valence-corrected chi connectivity index (χ1v) is 11.5. The van der Waals surface area contributed by atoms with Crippen LogP contribution in [-0.2, 0) is 21.4 Å². The Morgan fingerprint density at radius 1 is 1.38 bits per heavy atom. The van der Waals surface area contributed by atoms with Crippen molar-refractivity contribution < 1.29 is 24.6 Å². The van der Waals surface area contributed by atoms with E-state index in [2.05, 4.69) is 15.5 Å². The summed E-state index contributed by atoms with van der Waals surface area (Å²) in [5.41, 5.74) is 7.01. The third-order valence-corrected chi connectivity index (χ3v) is 7.59. The second kappa shape index (κ2) is 8.84. The third-order valence-electron chi connectivity index (χ3n) is 5.13. The number of nitrogens with one attached hydrogen (secondary N) is 1. The van der Waals surface area contributed by atoms with Crippen LogP contribution in [0.15, 0.2) is 47.0 Å². The number of thioether (sulfide) groups is 2. The summed E-state index contributed by atoms with van der Waals surface area (Å²) in [6, 6.07) is 3.99. The molecule has 1 saturated heterocycles. The lowest BCUT2D eigenvalue weighted by molar-refractivity contribution is -0.150. The van der Waals surface area contributed by atoms with E-state index in [1.165, 1.54) is 52.7 Å². The molecule has 1 unspecified atom stereocenters. The molecule has 0 bridgehead atoms. The maximum Gasteiger partial charge on any atom is 0.352 e. The number of aromatic nitrogens is 3. The molecule has 32 heavy (non-hydrogen) atoms. The number of aromatic hydroxyl groups is 1. The van der Waals surface area contributed by atoms with Gasteiger partial charge in [0.1, 0.15) is 35.2 Å². The summed E-state index contributed by atoms with van der Waals surface area (Å²) < 4.78 is 1.72. The second-order valence-corrected chi connectivity index (χ2v) is 9.28. The van der Waals surface area contributed by atoms with Crippen LogP contribution in [0.4, 0.5) is 0 Å². The number of phenols is 1. The molecule has 2 amide bonds. The highest BCUT2D eigenvalue weighted by Crippen LogP contribution is 2.41. The number of aliphatic carboxylic acids is 1. The molecule has 3 heterocycles. The zero-order valence-electron chi connectivity index (χ0n) is 16.8. The van der Waals surface area contributed by atoms with Crippen molar-refractivity contribution in [3.8, 4) is 5.75 Å². The van der Waals surface area contributed by atoms with Crippen molar-refractivity contribution in [3.05, 3.63) is 47.4 Å². The van der Waals surface area contributed by atoms with E-state index < -0.39 is 35.2 Å². The fourth-order valence-electron chi connectivity index (χ4n) is 3.43. The van der Waals surface area contributed by atoms with E-state index in [0.717, 1.165) is 0 Å². The molecule has 2 aliphatic heterocycles. The molecule has 0 radical (unpaired) electrons. The van der Waals surface area contributed by atoms with Crippen LogP contribution in [0.2, 0.25) is 0 Å². The predicted octanol–water partition coefficient (Wildman–Crippen LogP) is 0.0514. The molecule has 5 N–H and O–H groups in total. The number of phenolic OH excluding ortho intramolecular Hbond substituents is 1. The van der Waals surface area contributed by atoms with Gasteiger partial charge in [-0.05, 0) is 23.3 Å². The number of hydrogen-bond acceptors (Lipinski definition) is 9. The van der Waals surface area contributed by atoms with Gasteiger partial charge in [0.25, 0.3) is 5.91 Å². The quantitative estimate of drug-likeness (QED) is 0.317. The van der Waals surface area contributed by atoms with E-state index in [1.54, 1.807) is 17.9 Å². The standard InChI is InChI=1S/C19H20N6O5S2/c1-24-8-21-23-19(24)32-7-10-6-31-17-13(16(28)25(17)14(10)18(29)30)22-15(27)12(20)9-2-4-11(26)5-3-9/h2-5,8,12-13,17,26H,6-7,20H2,1H3,(H,22,27)(H,29,30)/t12-,13?,17-/m1/s1. The predicted molar refractivity (Wildman–Crippen MR) is 116 cm³/mol. The number of carbonyl (C=O) groups is 3. The van der Waals surface area contributed by atoms with Crippen LogP contribution in [-0.4, -0.2) is 70.6 Å². The Bertz CT molecular complexity index is 1100. The first-order valence-electron chi connectivity index (χ1n) is 9.49. The summed E-state index contributed by atoms with van der Waals surface area (Å²) in [6.45, 7) is 0. The zero-order chi connectivity index (χ0) is 23.0. The topological polar surface area (TPSA) is 164 Å². The number of fused-ring (bicyclic) bond motifs is 1. The molecule has 1 aromatic carbocycles. The number of carboxylic acid groups (broad SMARTS) is 1. The van der Waals surface area contributed by atoms with E-state index in [0.29, 0.717) is 27.8 Å². The molecular weight excluding hydrogens is 456 g/mol. The van der Waals surface area contributed by atoms with Gasteiger partial charge in [-0.3, -0.25) is 14.5 Å². The smallest absolute Gasteiger partial charge is 0.352 e. The molecule has 0 saturated carbocycles. The van der Waals surface area contributed by atoms with Crippen LogP contribution < -0.4 is 11.1 Å². The molecule has 168 valence electrons. The Kier molecular flexibility index (Phi) is 6.13. The maximum atomic E-state index is 12.8. The second-order valence-electron chi connectivity index (χ2n) is 7.24. The Hall–Kier alpha value is -3.03. The lowest BCUT2D eigenvalue weighted by Crippen LogP contribution is -2.71. The molecule has 0 spiro atoms. The van der Waals surface area contributed by atoms with Gasteiger partial charge in [-0.2, -0.15) is 0 Å². The van der Waals surface area contributed by atoms with Crippen LogP contribution in [0.1, 0.15) is 11.6 Å². The van der Waals surface area contributed by atoms with Gasteiger partial charge >= 0.3 is 5.97 Å². The number of amides is 2. The fraction of sp³-hybridized carbons (Fsp3) is 0.316. The van der Waals surface area contributed by atoms with Crippen molar-refractivity contribution in [2.75, 3.05) is 11.5 Å². The first-order chi connectivity index (χ1) is 15.3. The summed E-state index contributed by atoms with van der Waals surface area (Å²) in [6.07, 6.45) is 1.55. The molecule has 1 fully saturated rings. The first kappa shape index (κ1) is 22.2. The van der Waals surface area contributed by atoms with Crippen LogP contribution in [0.5, 0.6) is 5.75 Å². The highest BCUT2D eigenvalue weighted by atomic mass is 32.2. The minimum atomic E-state index is -1.19. The number of rotatable bonds is 7. The lowest BCUT2D eigenvalue weighted by Gasteiger charge is -2.49. The van der Waals surface area contributed by atoms with Crippen LogP contribution in [0.25, 0.3) is 0 Å². The van der Waals surface area contributed by atoms with Crippen molar-refractivity contribution in [2.24, 2.45) is 12.8 Å². The Morgan fingerprint density at radius 2 is 2.09 bits per heavy atom. The molecule has 3 atom stereocenters. The summed E-state index contributed by atoms with van der Waals surface area (Å²) in [4.78, 5) is 38.5. The van der Waals surface area contributed by atoms with E-state index in [9.17, 15) is 24.6 Å². The number of nitrogens with zero attached hydrogens (tertiary/aromatic N) is 4. The van der Waals surface area contributed by atoms with Crippen molar-refractivity contribution >= 4 is 41.3 Å². The third kappa shape index (κ3) is 4.06. The Morgan fingerprint density at radius 3 is 2.72 bits per heavy atom. The minimum Gasteiger partial charge on any atom is -0.508 e. The van der Waals surface area contributed by atoms with Crippen molar-refractivity contribution in [2.45, 2.75) is 22.6 Å². The highest BCUT2D eigenvalue weighted by molar-refractivity contribution is 8.01. The summed E-state index contributed by atoms with van der Waals surface area (Å²) in [5, 5.41) is 29.6. The summed E-state index contributed by atoms with van der Waals surface area (Å²) in [7, 11) is 1.79. The van der Waals surface area contributed by atoms with Gasteiger partial charge in [-0.15, -0.1) is 22.0 Å².